The van der Waals surface area contributed by atoms with E-state index in [0.717, 1.165) is 20.1 Å². The lowest BCUT2D eigenvalue weighted by Crippen LogP contribution is -2.10. The Morgan fingerprint density at radius 1 is 0.667 bits per heavy atom. The number of hydrogen-bond donors (Lipinski definition) is 0. The van der Waals surface area contributed by atoms with Crippen LogP contribution in [0.15, 0.2) is 57.5 Å². The SMILES string of the molecule is O=C(CCC(=O)OCc1ccc(Br)cc1)OCc1ccc(Br)cc1. The molecule has 0 bridgehead atoms. The summed E-state index contributed by atoms with van der Waals surface area (Å²) in [6, 6.07) is 15.0. The smallest absolute Gasteiger partial charge is 0.306 e. The highest BCUT2D eigenvalue weighted by molar-refractivity contribution is 9.10. The van der Waals surface area contributed by atoms with Crippen molar-refractivity contribution in [2.75, 3.05) is 0 Å². The van der Waals surface area contributed by atoms with E-state index in [4.69, 9.17) is 9.47 Å². The van der Waals surface area contributed by atoms with Crippen molar-refractivity contribution in [3.05, 3.63) is 68.6 Å². The fourth-order valence-electron chi connectivity index (χ4n) is 1.84. The van der Waals surface area contributed by atoms with Crippen molar-refractivity contribution in [1.82, 2.24) is 0 Å². The first kappa shape index (κ1) is 18.7. The predicted octanol–water partition coefficient (Wildman–Crippen LogP) is 4.78. The molecule has 2 rings (SSSR count). The first-order chi connectivity index (χ1) is 11.5. The highest BCUT2D eigenvalue weighted by Gasteiger charge is 2.09. The Hall–Kier alpha value is -1.66. The van der Waals surface area contributed by atoms with Gasteiger partial charge < -0.3 is 9.47 Å². The molecule has 0 N–H and O–H groups in total. The van der Waals surface area contributed by atoms with Gasteiger partial charge in [-0.25, -0.2) is 0 Å². The second kappa shape index (κ2) is 9.59. The predicted molar refractivity (Wildman–Crippen MR) is 97.1 cm³/mol. The van der Waals surface area contributed by atoms with E-state index in [1.807, 2.05) is 48.5 Å². The van der Waals surface area contributed by atoms with Gasteiger partial charge in [-0.15, -0.1) is 0 Å². The Labute approximate surface area is 157 Å². The van der Waals surface area contributed by atoms with Gasteiger partial charge >= 0.3 is 11.9 Å². The van der Waals surface area contributed by atoms with Crippen LogP contribution >= 0.6 is 31.9 Å². The summed E-state index contributed by atoms with van der Waals surface area (Å²) in [4.78, 5) is 23.3. The van der Waals surface area contributed by atoms with Crippen LogP contribution in [0.5, 0.6) is 0 Å². The minimum atomic E-state index is -0.418. The Morgan fingerprint density at radius 2 is 1.00 bits per heavy atom. The molecule has 0 atom stereocenters. The zero-order valence-electron chi connectivity index (χ0n) is 12.8. The minimum absolute atomic E-state index is 0.00962. The van der Waals surface area contributed by atoms with Crippen LogP contribution < -0.4 is 0 Å². The second-order valence-electron chi connectivity index (χ2n) is 5.07. The van der Waals surface area contributed by atoms with Gasteiger partial charge in [0.25, 0.3) is 0 Å². The van der Waals surface area contributed by atoms with Crippen LogP contribution in [-0.4, -0.2) is 11.9 Å². The lowest BCUT2D eigenvalue weighted by Gasteiger charge is -2.06. The fraction of sp³-hybridized carbons (Fsp3) is 0.222. The lowest BCUT2D eigenvalue weighted by molar-refractivity contribution is -0.151. The maximum Gasteiger partial charge on any atom is 0.306 e. The normalized spacial score (nSPS) is 10.2. The standard InChI is InChI=1S/C18H16Br2O4/c19-15-5-1-13(2-6-15)11-23-17(21)9-10-18(22)24-12-14-3-7-16(20)8-4-14/h1-8H,9-12H2. The van der Waals surface area contributed by atoms with Crippen molar-refractivity contribution in [3.8, 4) is 0 Å². The van der Waals surface area contributed by atoms with E-state index in [1.165, 1.54) is 0 Å². The quantitative estimate of drug-likeness (QED) is 0.564. The van der Waals surface area contributed by atoms with Crippen LogP contribution in [0.25, 0.3) is 0 Å². The molecular weight excluding hydrogens is 440 g/mol. The molecule has 0 radical (unpaired) electrons. The van der Waals surface area contributed by atoms with Gasteiger partial charge in [0.05, 0.1) is 12.8 Å². The van der Waals surface area contributed by atoms with Gasteiger partial charge in [0, 0.05) is 8.95 Å². The lowest BCUT2D eigenvalue weighted by atomic mass is 10.2. The summed E-state index contributed by atoms with van der Waals surface area (Å²) in [6.07, 6.45) is 0.0192. The van der Waals surface area contributed by atoms with Crippen LogP contribution in [0, 0.1) is 0 Å². The molecule has 2 aromatic carbocycles. The Bertz CT molecular complexity index is 620. The summed E-state index contributed by atoms with van der Waals surface area (Å²) in [7, 11) is 0. The van der Waals surface area contributed by atoms with Gasteiger partial charge in [0.2, 0.25) is 0 Å². The van der Waals surface area contributed by atoms with Crippen molar-refractivity contribution in [2.45, 2.75) is 26.1 Å². The van der Waals surface area contributed by atoms with Crippen molar-refractivity contribution in [1.29, 1.82) is 0 Å². The third-order valence-corrected chi connectivity index (χ3v) is 4.22. The molecular formula is C18H16Br2O4. The first-order valence-corrected chi connectivity index (χ1v) is 8.91. The molecule has 0 heterocycles. The zero-order chi connectivity index (χ0) is 17.4. The summed E-state index contributed by atoms with van der Waals surface area (Å²) < 4.78 is 12.2. The highest BCUT2D eigenvalue weighted by atomic mass is 79.9. The van der Waals surface area contributed by atoms with Gasteiger partial charge in [0.1, 0.15) is 13.2 Å². The molecule has 0 aliphatic rings. The summed E-state index contributed by atoms with van der Waals surface area (Å²) in [5.74, 6) is -0.836. The number of ether oxygens (including phenoxy) is 2. The number of hydrogen-bond acceptors (Lipinski definition) is 4. The summed E-state index contributed by atoms with van der Waals surface area (Å²) in [5, 5.41) is 0. The summed E-state index contributed by atoms with van der Waals surface area (Å²) >= 11 is 6.68. The van der Waals surface area contributed by atoms with E-state index < -0.39 is 11.9 Å². The van der Waals surface area contributed by atoms with E-state index in [2.05, 4.69) is 31.9 Å². The van der Waals surface area contributed by atoms with Gasteiger partial charge in [-0.05, 0) is 35.4 Å². The fourth-order valence-corrected chi connectivity index (χ4v) is 2.37. The Morgan fingerprint density at radius 3 is 1.33 bits per heavy atom. The molecule has 24 heavy (non-hydrogen) atoms. The zero-order valence-corrected chi connectivity index (χ0v) is 16.0. The highest BCUT2D eigenvalue weighted by Crippen LogP contribution is 2.13. The minimum Gasteiger partial charge on any atom is -0.461 e. The Balaban J connectivity index is 1.64. The molecule has 0 unspecified atom stereocenters. The van der Waals surface area contributed by atoms with Crippen molar-refractivity contribution in [3.63, 3.8) is 0 Å². The molecule has 0 spiro atoms. The van der Waals surface area contributed by atoms with Gasteiger partial charge in [-0.3, -0.25) is 9.59 Å². The molecule has 0 aliphatic carbocycles. The van der Waals surface area contributed by atoms with E-state index in [1.54, 1.807) is 0 Å². The summed E-state index contributed by atoms with van der Waals surface area (Å²) in [5.41, 5.74) is 1.79. The topological polar surface area (TPSA) is 52.6 Å². The van der Waals surface area contributed by atoms with Crippen LogP contribution in [0.2, 0.25) is 0 Å². The van der Waals surface area contributed by atoms with Crippen molar-refractivity contribution >= 4 is 43.8 Å². The van der Waals surface area contributed by atoms with Gasteiger partial charge in [-0.2, -0.15) is 0 Å². The molecule has 0 fully saturated rings. The van der Waals surface area contributed by atoms with Crippen LogP contribution in [0.1, 0.15) is 24.0 Å². The maximum atomic E-state index is 11.7. The number of rotatable bonds is 7. The number of carbonyl (C=O) groups excluding carboxylic acids is 2. The monoisotopic (exact) mass is 454 g/mol. The number of halogens is 2. The van der Waals surface area contributed by atoms with Crippen LogP contribution in [0.4, 0.5) is 0 Å². The summed E-state index contributed by atoms with van der Waals surface area (Å²) in [6.45, 7) is 0.389. The van der Waals surface area contributed by atoms with Crippen LogP contribution in [0.3, 0.4) is 0 Å². The molecule has 0 saturated carbocycles. The van der Waals surface area contributed by atoms with Crippen LogP contribution in [-0.2, 0) is 32.3 Å². The van der Waals surface area contributed by atoms with Gasteiger partial charge in [0.15, 0.2) is 0 Å². The molecule has 4 nitrogen and oxygen atoms in total. The molecule has 0 aliphatic heterocycles. The second-order valence-corrected chi connectivity index (χ2v) is 6.91. The molecule has 6 heteroatoms. The molecule has 0 amide bonds. The largest absolute Gasteiger partial charge is 0.461 e. The molecule has 0 aromatic heterocycles. The number of carbonyl (C=O) groups is 2. The molecule has 2 aromatic rings. The van der Waals surface area contributed by atoms with E-state index in [-0.39, 0.29) is 26.1 Å². The van der Waals surface area contributed by atoms with Crippen molar-refractivity contribution < 1.29 is 19.1 Å². The first-order valence-electron chi connectivity index (χ1n) is 7.33. The average Bonchev–Trinajstić information content (AvgIpc) is 2.59. The van der Waals surface area contributed by atoms with Gasteiger partial charge in [-0.1, -0.05) is 56.1 Å². The molecule has 126 valence electrons. The Kier molecular flexibility index (Phi) is 7.46. The molecule has 0 saturated heterocycles. The van der Waals surface area contributed by atoms with E-state index in [9.17, 15) is 9.59 Å². The third-order valence-electron chi connectivity index (χ3n) is 3.16. The van der Waals surface area contributed by atoms with E-state index in [0.29, 0.717) is 0 Å². The van der Waals surface area contributed by atoms with Crippen molar-refractivity contribution in [2.24, 2.45) is 0 Å². The number of esters is 2. The third kappa shape index (κ3) is 6.84. The maximum absolute atomic E-state index is 11.7. The average molecular weight is 456 g/mol. The number of benzene rings is 2. The van der Waals surface area contributed by atoms with E-state index >= 15 is 0 Å².